The van der Waals surface area contributed by atoms with Gasteiger partial charge >= 0.3 is 0 Å². The fourth-order valence-electron chi connectivity index (χ4n) is 3.64. The Hall–Kier alpha value is -0.980. The lowest BCUT2D eigenvalue weighted by Gasteiger charge is -2.33. The SMILES string of the molecule is Cc1nc(CN2CCC(C(=O)NC3CCCCC3O)CC2)cs1. The lowest BCUT2D eigenvalue weighted by atomic mass is 9.90. The van der Waals surface area contributed by atoms with E-state index in [0.29, 0.717) is 0 Å². The maximum absolute atomic E-state index is 12.4. The summed E-state index contributed by atoms with van der Waals surface area (Å²) in [6, 6.07) is -0.0349. The highest BCUT2D eigenvalue weighted by molar-refractivity contribution is 7.09. The summed E-state index contributed by atoms with van der Waals surface area (Å²) >= 11 is 1.69. The number of thiazole rings is 1. The van der Waals surface area contributed by atoms with Crippen LogP contribution in [0.1, 0.15) is 49.2 Å². The maximum atomic E-state index is 12.4. The average Bonchev–Trinajstić information content (AvgIpc) is 2.95. The topological polar surface area (TPSA) is 65.5 Å². The van der Waals surface area contributed by atoms with Gasteiger partial charge in [-0.15, -0.1) is 11.3 Å². The van der Waals surface area contributed by atoms with Crippen molar-refractivity contribution in [1.82, 2.24) is 15.2 Å². The fraction of sp³-hybridized carbons (Fsp3) is 0.765. The summed E-state index contributed by atoms with van der Waals surface area (Å²) in [5, 5.41) is 16.3. The lowest BCUT2D eigenvalue weighted by molar-refractivity contribution is -0.128. The van der Waals surface area contributed by atoms with Gasteiger partial charge in [0.2, 0.25) is 5.91 Å². The predicted octanol–water partition coefficient (Wildman–Crippen LogP) is 2.08. The fourth-order valence-corrected chi connectivity index (χ4v) is 4.25. The lowest BCUT2D eigenvalue weighted by Crippen LogP contribution is -2.49. The second-order valence-corrected chi connectivity index (χ2v) is 7.94. The van der Waals surface area contributed by atoms with Crippen LogP contribution in [0.5, 0.6) is 0 Å². The van der Waals surface area contributed by atoms with Crippen LogP contribution in [0.15, 0.2) is 5.38 Å². The number of carbonyl (C=O) groups excluding carboxylic acids is 1. The van der Waals surface area contributed by atoms with Crippen molar-refractivity contribution in [3.8, 4) is 0 Å². The van der Waals surface area contributed by atoms with Crippen LogP contribution in [0.3, 0.4) is 0 Å². The second-order valence-electron chi connectivity index (χ2n) is 6.88. The molecule has 1 saturated heterocycles. The van der Waals surface area contributed by atoms with Crippen molar-refractivity contribution in [3.05, 3.63) is 16.1 Å². The van der Waals surface area contributed by atoms with E-state index in [-0.39, 0.29) is 24.0 Å². The molecule has 0 radical (unpaired) electrons. The van der Waals surface area contributed by atoms with Gasteiger partial charge in [-0.2, -0.15) is 0 Å². The van der Waals surface area contributed by atoms with Crippen LogP contribution in [0, 0.1) is 12.8 Å². The van der Waals surface area contributed by atoms with Crippen LogP contribution in [0.2, 0.25) is 0 Å². The minimum atomic E-state index is -0.360. The van der Waals surface area contributed by atoms with Gasteiger partial charge in [-0.1, -0.05) is 12.8 Å². The molecule has 2 heterocycles. The summed E-state index contributed by atoms with van der Waals surface area (Å²) in [4.78, 5) is 19.3. The molecule has 2 aliphatic rings. The Morgan fingerprint density at radius 1 is 1.35 bits per heavy atom. The molecular formula is C17H27N3O2S. The van der Waals surface area contributed by atoms with E-state index in [0.717, 1.165) is 68.9 Å². The minimum Gasteiger partial charge on any atom is -0.391 e. The van der Waals surface area contributed by atoms with Gasteiger partial charge in [0.1, 0.15) is 0 Å². The van der Waals surface area contributed by atoms with Gasteiger partial charge in [-0.25, -0.2) is 4.98 Å². The summed E-state index contributed by atoms with van der Waals surface area (Å²) in [6.07, 6.45) is 5.34. The first-order valence-electron chi connectivity index (χ1n) is 8.73. The van der Waals surface area contributed by atoms with E-state index in [1.165, 1.54) is 0 Å². The molecule has 1 aromatic rings. The van der Waals surface area contributed by atoms with Gasteiger partial charge in [0, 0.05) is 17.8 Å². The van der Waals surface area contributed by atoms with E-state index in [9.17, 15) is 9.90 Å². The monoisotopic (exact) mass is 337 g/mol. The summed E-state index contributed by atoms with van der Waals surface area (Å²) in [7, 11) is 0. The zero-order valence-electron chi connectivity index (χ0n) is 13.8. The number of likely N-dealkylation sites (tertiary alicyclic amines) is 1. The number of aliphatic hydroxyl groups excluding tert-OH is 1. The minimum absolute atomic E-state index is 0.0349. The molecule has 1 aromatic heterocycles. The molecule has 1 saturated carbocycles. The number of rotatable bonds is 4. The number of nitrogens with one attached hydrogen (secondary N) is 1. The molecule has 1 aliphatic carbocycles. The summed E-state index contributed by atoms with van der Waals surface area (Å²) in [5.41, 5.74) is 1.14. The van der Waals surface area contributed by atoms with Gasteiger partial charge in [-0.05, 0) is 45.7 Å². The molecule has 2 unspecified atom stereocenters. The van der Waals surface area contributed by atoms with E-state index >= 15 is 0 Å². The first kappa shape index (κ1) is 16.9. The normalized spacial score (nSPS) is 27.0. The van der Waals surface area contributed by atoms with Crippen molar-refractivity contribution in [2.75, 3.05) is 13.1 Å². The van der Waals surface area contributed by atoms with E-state index in [4.69, 9.17) is 0 Å². The molecule has 2 fully saturated rings. The van der Waals surface area contributed by atoms with Crippen molar-refractivity contribution < 1.29 is 9.90 Å². The largest absolute Gasteiger partial charge is 0.391 e. The number of hydrogen-bond acceptors (Lipinski definition) is 5. The first-order valence-corrected chi connectivity index (χ1v) is 9.61. The van der Waals surface area contributed by atoms with Crippen LogP contribution in [0.25, 0.3) is 0 Å². The third-order valence-electron chi connectivity index (χ3n) is 5.07. The molecule has 3 rings (SSSR count). The Balaban J connectivity index is 1.43. The molecule has 0 bridgehead atoms. The summed E-state index contributed by atoms with van der Waals surface area (Å²) in [6.45, 7) is 4.81. The summed E-state index contributed by atoms with van der Waals surface area (Å²) < 4.78 is 0. The average molecular weight is 337 g/mol. The van der Waals surface area contributed by atoms with Crippen molar-refractivity contribution in [2.45, 2.75) is 64.1 Å². The maximum Gasteiger partial charge on any atom is 0.223 e. The molecular weight excluding hydrogens is 310 g/mol. The third-order valence-corrected chi connectivity index (χ3v) is 5.89. The Morgan fingerprint density at radius 2 is 2.09 bits per heavy atom. The van der Waals surface area contributed by atoms with Crippen molar-refractivity contribution in [2.24, 2.45) is 5.92 Å². The number of nitrogens with zero attached hydrogens (tertiary/aromatic N) is 2. The molecule has 5 nitrogen and oxygen atoms in total. The van der Waals surface area contributed by atoms with Crippen LogP contribution in [-0.2, 0) is 11.3 Å². The summed E-state index contributed by atoms with van der Waals surface area (Å²) in [5.74, 6) is 0.234. The smallest absolute Gasteiger partial charge is 0.223 e. The van der Waals surface area contributed by atoms with Crippen LogP contribution >= 0.6 is 11.3 Å². The predicted molar refractivity (Wildman–Crippen MR) is 91.3 cm³/mol. The first-order chi connectivity index (χ1) is 11.1. The van der Waals surface area contributed by atoms with Crippen molar-refractivity contribution >= 4 is 17.2 Å². The van der Waals surface area contributed by atoms with Crippen LogP contribution in [-0.4, -0.2) is 46.1 Å². The number of carbonyl (C=O) groups is 1. The van der Waals surface area contributed by atoms with Gasteiger partial charge in [-0.3, -0.25) is 9.69 Å². The Morgan fingerprint density at radius 3 is 2.74 bits per heavy atom. The molecule has 6 heteroatoms. The molecule has 1 aliphatic heterocycles. The number of aromatic nitrogens is 1. The molecule has 23 heavy (non-hydrogen) atoms. The van der Waals surface area contributed by atoms with Gasteiger partial charge in [0.15, 0.2) is 0 Å². The third kappa shape index (κ3) is 4.52. The molecule has 2 atom stereocenters. The highest BCUT2D eigenvalue weighted by Gasteiger charge is 2.29. The van der Waals surface area contributed by atoms with Crippen LogP contribution < -0.4 is 5.32 Å². The van der Waals surface area contributed by atoms with E-state index in [1.807, 2.05) is 6.92 Å². The second kappa shape index (κ2) is 7.73. The van der Waals surface area contributed by atoms with Crippen molar-refractivity contribution in [3.63, 3.8) is 0 Å². The Labute approximate surface area is 142 Å². The zero-order chi connectivity index (χ0) is 16.2. The van der Waals surface area contributed by atoms with E-state index in [2.05, 4.69) is 20.6 Å². The zero-order valence-corrected chi connectivity index (χ0v) is 14.6. The van der Waals surface area contributed by atoms with Gasteiger partial charge in [0.05, 0.1) is 22.8 Å². The standard InChI is InChI=1S/C17H27N3O2S/c1-12-18-14(11-23-12)10-20-8-6-13(7-9-20)17(22)19-15-4-2-3-5-16(15)21/h11,13,15-16,21H,2-10H2,1H3,(H,19,22). The highest BCUT2D eigenvalue weighted by Crippen LogP contribution is 2.22. The van der Waals surface area contributed by atoms with Crippen molar-refractivity contribution in [1.29, 1.82) is 0 Å². The molecule has 1 amide bonds. The number of amides is 1. The van der Waals surface area contributed by atoms with Gasteiger partial charge in [0.25, 0.3) is 0 Å². The Kier molecular flexibility index (Phi) is 5.67. The number of aryl methyl sites for hydroxylation is 1. The number of hydrogen-bond donors (Lipinski definition) is 2. The molecule has 0 aromatic carbocycles. The highest BCUT2D eigenvalue weighted by atomic mass is 32.1. The quantitative estimate of drug-likeness (QED) is 0.883. The van der Waals surface area contributed by atoms with E-state index in [1.54, 1.807) is 11.3 Å². The van der Waals surface area contributed by atoms with Crippen LogP contribution in [0.4, 0.5) is 0 Å². The Bertz CT molecular complexity index is 526. The van der Waals surface area contributed by atoms with E-state index < -0.39 is 0 Å². The molecule has 0 spiro atoms. The number of piperidine rings is 1. The van der Waals surface area contributed by atoms with Gasteiger partial charge < -0.3 is 10.4 Å². The number of aliphatic hydroxyl groups is 1. The molecule has 128 valence electrons. The molecule has 2 N–H and O–H groups in total.